The molecule has 7 nitrogen and oxygen atoms in total. The first-order valence-corrected chi connectivity index (χ1v) is 5.80. The number of amides is 1. The van der Waals surface area contributed by atoms with Gasteiger partial charge in [-0.3, -0.25) is 4.79 Å². The number of nitrogens with one attached hydrogen (secondary N) is 1. The molecule has 18 heavy (non-hydrogen) atoms. The smallest absolute Gasteiger partial charge is 0.360 e. The summed E-state index contributed by atoms with van der Waals surface area (Å²) in [5.41, 5.74) is 0.0840. The molecule has 2 atom stereocenters. The van der Waals surface area contributed by atoms with Gasteiger partial charge in [0.15, 0.2) is 5.69 Å². The van der Waals surface area contributed by atoms with Crippen LogP contribution in [-0.2, 0) is 9.53 Å². The van der Waals surface area contributed by atoms with Gasteiger partial charge in [0.05, 0.1) is 13.3 Å². The van der Waals surface area contributed by atoms with Gasteiger partial charge in [-0.1, -0.05) is 12.1 Å². The van der Waals surface area contributed by atoms with Crippen molar-refractivity contribution in [2.75, 3.05) is 7.11 Å². The Morgan fingerprint density at radius 3 is 2.72 bits per heavy atom. The van der Waals surface area contributed by atoms with E-state index in [-0.39, 0.29) is 17.6 Å². The number of methoxy groups -OCH3 is 1. The first-order valence-electron chi connectivity index (χ1n) is 5.80. The molecule has 1 amide bonds. The van der Waals surface area contributed by atoms with Crippen molar-refractivity contribution < 1.29 is 14.3 Å². The van der Waals surface area contributed by atoms with E-state index >= 15 is 0 Å². The molecule has 0 fully saturated rings. The van der Waals surface area contributed by atoms with E-state index in [9.17, 15) is 9.59 Å². The van der Waals surface area contributed by atoms with Crippen molar-refractivity contribution in [3.8, 4) is 0 Å². The van der Waals surface area contributed by atoms with Crippen LogP contribution >= 0.6 is 0 Å². The highest BCUT2D eigenvalue weighted by Crippen LogP contribution is 2.06. The molecule has 1 heterocycles. The molecule has 1 aromatic rings. The highest BCUT2D eigenvalue weighted by molar-refractivity contribution is 5.86. The first-order chi connectivity index (χ1) is 8.49. The molecule has 0 radical (unpaired) electrons. The Bertz CT molecular complexity index is 430. The largest absolute Gasteiger partial charge is 0.464 e. The van der Waals surface area contributed by atoms with Crippen LogP contribution in [0.5, 0.6) is 0 Å². The lowest BCUT2D eigenvalue weighted by atomic mass is 10.2. The molecule has 1 aromatic heterocycles. The number of ether oxygens (including phenoxy) is 1. The molecule has 0 aromatic carbocycles. The second-order valence-corrected chi connectivity index (χ2v) is 4.07. The van der Waals surface area contributed by atoms with Crippen LogP contribution in [0.1, 0.15) is 43.7 Å². The van der Waals surface area contributed by atoms with E-state index in [1.807, 2.05) is 13.8 Å². The zero-order valence-electron chi connectivity index (χ0n) is 11.0. The fraction of sp³-hybridized carbons (Fsp3) is 0.636. The summed E-state index contributed by atoms with van der Waals surface area (Å²) in [4.78, 5) is 23.1. The monoisotopic (exact) mass is 254 g/mol. The average molecular weight is 254 g/mol. The van der Waals surface area contributed by atoms with Crippen LogP contribution in [0.3, 0.4) is 0 Å². The molecule has 0 bridgehead atoms. The SMILES string of the molecule is CCC(C)NC(=O)C(C)n1cc(C(=O)OC)nn1. The molecule has 1 N–H and O–H groups in total. The van der Waals surface area contributed by atoms with Gasteiger partial charge in [0.25, 0.3) is 0 Å². The zero-order chi connectivity index (χ0) is 13.7. The normalized spacial score (nSPS) is 13.8. The summed E-state index contributed by atoms with van der Waals surface area (Å²) in [6.45, 7) is 5.60. The molecular weight excluding hydrogens is 236 g/mol. The van der Waals surface area contributed by atoms with Crippen molar-refractivity contribution in [1.82, 2.24) is 20.3 Å². The van der Waals surface area contributed by atoms with Crippen molar-refractivity contribution in [3.63, 3.8) is 0 Å². The maximum Gasteiger partial charge on any atom is 0.360 e. The molecule has 0 saturated carbocycles. The van der Waals surface area contributed by atoms with Gasteiger partial charge in [0, 0.05) is 6.04 Å². The summed E-state index contributed by atoms with van der Waals surface area (Å²) < 4.78 is 5.85. The van der Waals surface area contributed by atoms with Crippen molar-refractivity contribution in [2.45, 2.75) is 39.3 Å². The quantitative estimate of drug-likeness (QED) is 0.775. The van der Waals surface area contributed by atoms with E-state index in [1.165, 1.54) is 18.0 Å². The number of hydrogen-bond acceptors (Lipinski definition) is 5. The Morgan fingerprint density at radius 2 is 2.17 bits per heavy atom. The lowest BCUT2D eigenvalue weighted by molar-refractivity contribution is -0.124. The van der Waals surface area contributed by atoms with Crippen LogP contribution in [0, 0.1) is 0 Å². The molecule has 0 aliphatic carbocycles. The maximum absolute atomic E-state index is 11.8. The topological polar surface area (TPSA) is 86.1 Å². The highest BCUT2D eigenvalue weighted by atomic mass is 16.5. The summed E-state index contributed by atoms with van der Waals surface area (Å²) in [5, 5.41) is 10.2. The van der Waals surface area contributed by atoms with E-state index in [0.717, 1.165) is 6.42 Å². The van der Waals surface area contributed by atoms with E-state index < -0.39 is 12.0 Å². The fourth-order valence-electron chi connectivity index (χ4n) is 1.25. The third kappa shape index (κ3) is 3.28. The van der Waals surface area contributed by atoms with Gasteiger partial charge in [0.2, 0.25) is 5.91 Å². The molecule has 0 aliphatic heterocycles. The van der Waals surface area contributed by atoms with Crippen LogP contribution in [0.25, 0.3) is 0 Å². The zero-order valence-corrected chi connectivity index (χ0v) is 11.0. The minimum absolute atomic E-state index is 0.0840. The lowest BCUT2D eigenvalue weighted by Gasteiger charge is -2.15. The van der Waals surface area contributed by atoms with Crippen LogP contribution in [-0.4, -0.2) is 40.0 Å². The van der Waals surface area contributed by atoms with Gasteiger partial charge in [-0.2, -0.15) is 0 Å². The van der Waals surface area contributed by atoms with Crippen molar-refractivity contribution in [3.05, 3.63) is 11.9 Å². The van der Waals surface area contributed by atoms with Crippen molar-refractivity contribution in [1.29, 1.82) is 0 Å². The third-order valence-corrected chi connectivity index (χ3v) is 2.68. The van der Waals surface area contributed by atoms with Crippen molar-refractivity contribution >= 4 is 11.9 Å². The average Bonchev–Trinajstić information content (AvgIpc) is 2.86. The highest BCUT2D eigenvalue weighted by Gasteiger charge is 2.19. The second-order valence-electron chi connectivity index (χ2n) is 4.07. The predicted molar refractivity (Wildman–Crippen MR) is 64.0 cm³/mol. The predicted octanol–water partition coefficient (Wildman–Crippen LogP) is 0.540. The molecule has 0 spiro atoms. The number of carbonyl (C=O) groups excluding carboxylic acids is 2. The summed E-state index contributed by atoms with van der Waals surface area (Å²) in [7, 11) is 1.26. The van der Waals surface area contributed by atoms with Gasteiger partial charge in [0.1, 0.15) is 6.04 Å². The summed E-state index contributed by atoms with van der Waals surface area (Å²) >= 11 is 0. The standard InChI is InChI=1S/C11H18N4O3/c1-5-7(2)12-10(16)8(3)15-6-9(13-14-15)11(17)18-4/h6-8H,5H2,1-4H3,(H,12,16). The number of hydrogen-bond donors (Lipinski definition) is 1. The fourth-order valence-corrected chi connectivity index (χ4v) is 1.25. The summed E-state index contributed by atoms with van der Waals surface area (Å²) in [6.07, 6.45) is 2.25. The second kappa shape index (κ2) is 6.13. The van der Waals surface area contributed by atoms with E-state index in [0.29, 0.717) is 0 Å². The number of nitrogens with zero attached hydrogens (tertiary/aromatic N) is 3. The Kier molecular flexibility index (Phi) is 4.82. The maximum atomic E-state index is 11.8. The molecule has 0 saturated heterocycles. The first kappa shape index (κ1) is 14.1. The van der Waals surface area contributed by atoms with Gasteiger partial charge in [-0.05, 0) is 20.3 Å². The summed E-state index contributed by atoms with van der Waals surface area (Å²) in [5.74, 6) is -0.735. The minimum Gasteiger partial charge on any atom is -0.464 e. The van der Waals surface area contributed by atoms with Crippen LogP contribution in [0.15, 0.2) is 6.20 Å². The van der Waals surface area contributed by atoms with Gasteiger partial charge < -0.3 is 10.1 Å². The lowest BCUT2D eigenvalue weighted by Crippen LogP contribution is -2.37. The van der Waals surface area contributed by atoms with E-state index in [1.54, 1.807) is 6.92 Å². The molecule has 0 aliphatic rings. The number of carbonyl (C=O) groups is 2. The Balaban J connectivity index is 2.72. The number of aromatic nitrogens is 3. The molecule has 7 heteroatoms. The van der Waals surface area contributed by atoms with Gasteiger partial charge >= 0.3 is 5.97 Å². The Hall–Kier alpha value is -1.92. The molecule has 2 unspecified atom stereocenters. The Labute approximate surface area is 105 Å². The van der Waals surface area contributed by atoms with Gasteiger partial charge in [-0.25, -0.2) is 9.48 Å². The number of esters is 1. The van der Waals surface area contributed by atoms with Crippen molar-refractivity contribution in [2.24, 2.45) is 0 Å². The minimum atomic E-state index is -0.573. The van der Waals surface area contributed by atoms with Crippen LogP contribution in [0.4, 0.5) is 0 Å². The molecule has 100 valence electrons. The Morgan fingerprint density at radius 1 is 1.50 bits per heavy atom. The van der Waals surface area contributed by atoms with E-state index in [4.69, 9.17) is 0 Å². The van der Waals surface area contributed by atoms with Crippen LogP contribution < -0.4 is 5.32 Å². The molecule has 1 rings (SSSR count). The number of rotatable bonds is 5. The summed E-state index contributed by atoms with van der Waals surface area (Å²) in [6, 6.07) is -0.423. The van der Waals surface area contributed by atoms with Crippen LogP contribution in [0.2, 0.25) is 0 Å². The molecular formula is C11H18N4O3. The van der Waals surface area contributed by atoms with Gasteiger partial charge in [-0.15, -0.1) is 5.10 Å². The third-order valence-electron chi connectivity index (χ3n) is 2.68. The van der Waals surface area contributed by atoms with E-state index in [2.05, 4.69) is 20.4 Å².